The van der Waals surface area contributed by atoms with Gasteiger partial charge in [-0.05, 0) is 55.2 Å². The maximum atomic E-state index is 2.53. The van der Waals surface area contributed by atoms with Crippen molar-refractivity contribution < 1.29 is 0 Å². The summed E-state index contributed by atoms with van der Waals surface area (Å²) < 4.78 is 5.03. The molecule has 2 heteroatoms. The highest BCUT2D eigenvalue weighted by Gasteiger charge is 2.22. The van der Waals surface area contributed by atoms with Crippen molar-refractivity contribution in [2.75, 3.05) is 0 Å². The molecule has 2 nitrogen and oxygen atoms in total. The first-order valence-electron chi connectivity index (χ1n) is 15.7. The van der Waals surface area contributed by atoms with Gasteiger partial charge in [-0.25, -0.2) is 0 Å². The average Bonchev–Trinajstić information content (AvgIpc) is 3.63. The van der Waals surface area contributed by atoms with Crippen molar-refractivity contribution in [1.82, 2.24) is 9.13 Å². The molecule has 0 N–H and O–H groups in total. The van der Waals surface area contributed by atoms with E-state index >= 15 is 0 Å². The second kappa shape index (κ2) is 10.1. The molecule has 210 valence electrons. The van der Waals surface area contributed by atoms with E-state index in [1.54, 1.807) is 0 Å². The number of rotatable bonds is 4. The highest BCUT2D eigenvalue weighted by molar-refractivity contribution is 6.19. The Balaban J connectivity index is 1.38. The Kier molecular flexibility index (Phi) is 5.80. The summed E-state index contributed by atoms with van der Waals surface area (Å²) in [6.45, 7) is 0. The van der Waals surface area contributed by atoms with Gasteiger partial charge in [0.05, 0.1) is 22.1 Å². The van der Waals surface area contributed by atoms with E-state index < -0.39 is 0 Å². The molecule has 7 aromatic rings. The topological polar surface area (TPSA) is 9.86 Å². The lowest BCUT2D eigenvalue weighted by Crippen LogP contribution is -2.01. The van der Waals surface area contributed by atoms with Crippen LogP contribution in [-0.4, -0.2) is 9.13 Å². The van der Waals surface area contributed by atoms with E-state index in [0.717, 1.165) is 19.3 Å². The number of hydrogen-bond acceptors (Lipinski definition) is 0. The molecule has 0 radical (unpaired) electrons. The van der Waals surface area contributed by atoms with Crippen molar-refractivity contribution in [2.45, 2.75) is 25.2 Å². The number of nitrogens with zero attached hydrogens (tertiary/aromatic N) is 2. The van der Waals surface area contributed by atoms with Crippen molar-refractivity contribution in [3.05, 3.63) is 157 Å². The summed E-state index contributed by atoms with van der Waals surface area (Å²) in [7, 11) is 0. The number of benzene rings is 5. The molecule has 2 aromatic heterocycles. The van der Waals surface area contributed by atoms with Gasteiger partial charge in [-0.3, -0.25) is 0 Å². The Hall–Kier alpha value is -5.34. The molecule has 0 saturated heterocycles. The highest BCUT2D eigenvalue weighted by Crippen LogP contribution is 2.44. The van der Waals surface area contributed by atoms with Crippen molar-refractivity contribution in [3.8, 4) is 16.8 Å². The maximum Gasteiger partial charge on any atom is 0.0620 e. The zero-order valence-electron chi connectivity index (χ0n) is 24.5. The minimum atomic E-state index is 0.398. The summed E-state index contributed by atoms with van der Waals surface area (Å²) in [5.74, 6) is 0.398. The molecule has 0 aliphatic heterocycles. The molecule has 0 spiro atoms. The Labute approximate surface area is 257 Å². The molecule has 1 atom stereocenters. The van der Waals surface area contributed by atoms with E-state index in [-0.39, 0.29) is 0 Å². The zero-order valence-corrected chi connectivity index (χ0v) is 24.5. The van der Waals surface area contributed by atoms with Crippen molar-refractivity contribution in [2.24, 2.45) is 0 Å². The van der Waals surface area contributed by atoms with Gasteiger partial charge in [-0.15, -0.1) is 0 Å². The van der Waals surface area contributed by atoms with E-state index in [1.807, 2.05) is 0 Å². The Morgan fingerprint density at radius 3 is 1.89 bits per heavy atom. The molecule has 2 heterocycles. The van der Waals surface area contributed by atoms with Gasteiger partial charge in [0.25, 0.3) is 0 Å². The summed E-state index contributed by atoms with van der Waals surface area (Å²) in [4.78, 5) is 0. The van der Waals surface area contributed by atoms with E-state index in [2.05, 4.69) is 161 Å². The fourth-order valence-corrected chi connectivity index (χ4v) is 7.54. The SMILES string of the molecule is C1=CCCC(n2c3ccccc3c3cccc(-c4cccc5c6ccccc6n(-c6cccc(C7C=CC=CC7)c6)c45)c32)=C1. The van der Waals surface area contributed by atoms with E-state index in [4.69, 9.17) is 0 Å². The summed E-state index contributed by atoms with van der Waals surface area (Å²) in [5, 5.41) is 5.16. The van der Waals surface area contributed by atoms with E-state index in [1.165, 1.54) is 71.7 Å². The monoisotopic (exact) mass is 564 g/mol. The van der Waals surface area contributed by atoms with Crippen LogP contribution in [0.4, 0.5) is 0 Å². The van der Waals surface area contributed by atoms with Crippen LogP contribution in [0.3, 0.4) is 0 Å². The Morgan fingerprint density at radius 1 is 0.545 bits per heavy atom. The van der Waals surface area contributed by atoms with Crippen molar-refractivity contribution >= 4 is 49.3 Å². The Bertz CT molecular complexity index is 2370. The average molecular weight is 565 g/mol. The van der Waals surface area contributed by atoms with Crippen LogP contribution in [0, 0.1) is 0 Å². The summed E-state index contributed by atoms with van der Waals surface area (Å²) in [6.07, 6.45) is 18.8. The number of allylic oxidation sites excluding steroid dienone is 8. The molecule has 0 fully saturated rings. The lowest BCUT2D eigenvalue weighted by molar-refractivity contribution is 0.852. The van der Waals surface area contributed by atoms with Crippen LogP contribution in [0.2, 0.25) is 0 Å². The minimum Gasteiger partial charge on any atom is -0.312 e. The first-order valence-corrected chi connectivity index (χ1v) is 15.7. The minimum absolute atomic E-state index is 0.398. The molecule has 44 heavy (non-hydrogen) atoms. The fourth-order valence-electron chi connectivity index (χ4n) is 7.54. The second-order valence-corrected chi connectivity index (χ2v) is 12.0. The molecule has 2 aliphatic rings. The third-order valence-corrected chi connectivity index (χ3v) is 9.50. The number of fused-ring (bicyclic) bond motifs is 6. The van der Waals surface area contributed by atoms with Crippen LogP contribution in [-0.2, 0) is 0 Å². The predicted octanol–water partition coefficient (Wildman–Crippen LogP) is 11.3. The number of para-hydroxylation sites is 4. The fraction of sp³-hybridized carbons (Fsp3) is 0.0952. The third-order valence-electron chi connectivity index (χ3n) is 9.50. The van der Waals surface area contributed by atoms with Gasteiger partial charge in [0.15, 0.2) is 0 Å². The van der Waals surface area contributed by atoms with Gasteiger partial charge in [0, 0.05) is 50.0 Å². The molecule has 9 rings (SSSR count). The first kappa shape index (κ1) is 25.2. The van der Waals surface area contributed by atoms with Crippen LogP contribution in [0.5, 0.6) is 0 Å². The lowest BCUT2D eigenvalue weighted by Gasteiger charge is -2.18. The van der Waals surface area contributed by atoms with Crippen molar-refractivity contribution in [3.63, 3.8) is 0 Å². The highest BCUT2D eigenvalue weighted by atomic mass is 15.0. The van der Waals surface area contributed by atoms with Gasteiger partial charge < -0.3 is 9.13 Å². The number of aromatic nitrogens is 2. The third kappa shape index (κ3) is 3.81. The standard InChI is InChI=1S/C42H32N2/c1-3-14-29(15-4-1)30-16-11-19-32(28-30)44-40-27-10-8-21-34(40)36-23-13-25-38(42(36)44)37-24-12-22-35-33-20-7-9-26-39(33)43(41(35)37)31-17-5-2-6-18-31/h1-5,7-14,16-17,19-29H,6,15,18H2. The molecular formula is C42H32N2. The van der Waals surface area contributed by atoms with Gasteiger partial charge in [-0.1, -0.05) is 121 Å². The number of hydrogen-bond donors (Lipinski definition) is 0. The van der Waals surface area contributed by atoms with E-state index in [9.17, 15) is 0 Å². The zero-order chi connectivity index (χ0) is 29.0. The molecule has 2 aliphatic carbocycles. The normalized spacial score (nSPS) is 16.5. The maximum absolute atomic E-state index is 2.53. The second-order valence-electron chi connectivity index (χ2n) is 12.0. The molecule has 0 amide bonds. The molecule has 0 bridgehead atoms. The van der Waals surface area contributed by atoms with Gasteiger partial charge >= 0.3 is 0 Å². The van der Waals surface area contributed by atoms with Crippen LogP contribution < -0.4 is 0 Å². The molecule has 1 unspecified atom stereocenters. The van der Waals surface area contributed by atoms with E-state index in [0.29, 0.717) is 5.92 Å². The van der Waals surface area contributed by atoms with Crippen LogP contribution in [0.15, 0.2) is 152 Å². The summed E-state index contributed by atoms with van der Waals surface area (Å²) in [6, 6.07) is 40.6. The molecular weight excluding hydrogens is 532 g/mol. The molecule has 0 saturated carbocycles. The summed E-state index contributed by atoms with van der Waals surface area (Å²) >= 11 is 0. The van der Waals surface area contributed by atoms with Crippen LogP contribution in [0.1, 0.15) is 30.7 Å². The first-order chi connectivity index (χ1) is 21.9. The lowest BCUT2D eigenvalue weighted by atomic mass is 9.92. The van der Waals surface area contributed by atoms with Gasteiger partial charge in [0.1, 0.15) is 0 Å². The summed E-state index contributed by atoms with van der Waals surface area (Å²) in [5.41, 5.74) is 11.5. The molecule has 5 aromatic carbocycles. The predicted molar refractivity (Wildman–Crippen MR) is 188 cm³/mol. The quantitative estimate of drug-likeness (QED) is 0.201. The van der Waals surface area contributed by atoms with Crippen LogP contribution >= 0.6 is 0 Å². The Morgan fingerprint density at radius 2 is 1.20 bits per heavy atom. The van der Waals surface area contributed by atoms with Gasteiger partial charge in [0.2, 0.25) is 0 Å². The largest absolute Gasteiger partial charge is 0.312 e. The smallest absolute Gasteiger partial charge is 0.0620 e. The van der Waals surface area contributed by atoms with Gasteiger partial charge in [-0.2, -0.15) is 0 Å². The van der Waals surface area contributed by atoms with Crippen molar-refractivity contribution in [1.29, 1.82) is 0 Å². The van der Waals surface area contributed by atoms with Crippen LogP contribution in [0.25, 0.3) is 66.1 Å².